The minimum atomic E-state index is -0.864. The van der Waals surface area contributed by atoms with Crippen LogP contribution >= 0.6 is 0 Å². The van der Waals surface area contributed by atoms with Crippen LogP contribution in [0.15, 0.2) is 0 Å². The van der Waals surface area contributed by atoms with Crippen molar-refractivity contribution in [3.63, 3.8) is 0 Å². The summed E-state index contributed by atoms with van der Waals surface area (Å²) < 4.78 is 0. The van der Waals surface area contributed by atoms with Crippen LogP contribution in [0.4, 0.5) is 0 Å². The number of carboxylic acids is 1. The average Bonchev–Trinajstić information content (AvgIpc) is 2.74. The molecule has 2 amide bonds. The number of carboxylic acid groups (broad SMARTS) is 1. The zero-order chi connectivity index (χ0) is 15.3. The lowest BCUT2D eigenvalue weighted by atomic mass is 9.79. The monoisotopic (exact) mass is 284 g/mol. The van der Waals surface area contributed by atoms with Crippen LogP contribution in [0.1, 0.15) is 45.4 Å². The van der Waals surface area contributed by atoms with Gasteiger partial charge in [0.15, 0.2) is 0 Å². The molecule has 1 rings (SSSR count). The smallest absolute Gasteiger partial charge is 0.303 e. The van der Waals surface area contributed by atoms with Crippen LogP contribution in [0.5, 0.6) is 0 Å². The summed E-state index contributed by atoms with van der Waals surface area (Å²) in [5.41, 5.74) is -0.434. The maximum absolute atomic E-state index is 12.0. The van der Waals surface area contributed by atoms with Crippen molar-refractivity contribution in [1.82, 2.24) is 10.2 Å². The second kappa shape index (κ2) is 6.72. The third-order valence-electron chi connectivity index (χ3n) is 3.91. The molecule has 0 aromatic heterocycles. The fourth-order valence-electron chi connectivity index (χ4n) is 2.94. The number of likely N-dealkylation sites (N-methyl/N-ethyl adjacent to an activating group) is 1. The van der Waals surface area contributed by atoms with E-state index in [-0.39, 0.29) is 24.7 Å². The molecule has 0 aromatic rings. The summed E-state index contributed by atoms with van der Waals surface area (Å²) in [6.07, 6.45) is 3.67. The number of rotatable bonds is 6. The Morgan fingerprint density at radius 2 is 1.75 bits per heavy atom. The van der Waals surface area contributed by atoms with Crippen LogP contribution in [-0.2, 0) is 14.4 Å². The minimum Gasteiger partial charge on any atom is -0.481 e. The van der Waals surface area contributed by atoms with Crippen LogP contribution < -0.4 is 5.32 Å². The van der Waals surface area contributed by atoms with Crippen LogP contribution in [-0.4, -0.2) is 47.9 Å². The first kappa shape index (κ1) is 16.5. The number of amides is 2. The Bertz CT molecular complexity index is 387. The van der Waals surface area contributed by atoms with Crippen molar-refractivity contribution in [2.75, 3.05) is 14.1 Å². The zero-order valence-electron chi connectivity index (χ0n) is 12.4. The maximum atomic E-state index is 12.0. The highest BCUT2D eigenvalue weighted by Gasteiger charge is 2.38. The molecule has 0 spiro atoms. The molecule has 0 saturated heterocycles. The first-order valence-electron chi connectivity index (χ1n) is 6.98. The predicted octanol–water partition coefficient (Wildman–Crippen LogP) is 1.00. The Hall–Kier alpha value is -1.59. The normalized spacial score (nSPS) is 18.4. The van der Waals surface area contributed by atoms with Crippen molar-refractivity contribution in [3.05, 3.63) is 0 Å². The van der Waals surface area contributed by atoms with Gasteiger partial charge in [-0.25, -0.2) is 0 Å². The Kier molecular flexibility index (Phi) is 5.53. The standard InChI is InChI=1S/C14H24N2O4/c1-10(13(20)16(2)3)15-11(17)8-14(9-12(18)19)6-4-5-7-14/h10H,4-9H2,1-3H3,(H,15,17)(H,18,19). The third kappa shape index (κ3) is 4.51. The first-order chi connectivity index (χ1) is 9.26. The highest BCUT2D eigenvalue weighted by atomic mass is 16.4. The molecule has 1 aliphatic carbocycles. The maximum Gasteiger partial charge on any atom is 0.303 e. The summed E-state index contributed by atoms with van der Waals surface area (Å²) >= 11 is 0. The third-order valence-corrected chi connectivity index (χ3v) is 3.91. The van der Waals surface area contributed by atoms with Gasteiger partial charge in [-0.15, -0.1) is 0 Å². The van der Waals surface area contributed by atoms with E-state index >= 15 is 0 Å². The molecule has 1 unspecified atom stereocenters. The van der Waals surface area contributed by atoms with E-state index in [4.69, 9.17) is 5.11 Å². The summed E-state index contributed by atoms with van der Waals surface area (Å²) in [6, 6.07) is -0.583. The van der Waals surface area contributed by atoms with Crippen molar-refractivity contribution in [1.29, 1.82) is 0 Å². The average molecular weight is 284 g/mol. The van der Waals surface area contributed by atoms with Gasteiger partial charge >= 0.3 is 5.97 Å². The van der Waals surface area contributed by atoms with Gasteiger partial charge in [0, 0.05) is 20.5 Å². The summed E-state index contributed by atoms with van der Waals surface area (Å²) in [7, 11) is 3.27. The fourth-order valence-corrected chi connectivity index (χ4v) is 2.94. The molecule has 0 radical (unpaired) electrons. The largest absolute Gasteiger partial charge is 0.481 e. The number of aliphatic carboxylic acids is 1. The van der Waals surface area contributed by atoms with Gasteiger partial charge < -0.3 is 15.3 Å². The van der Waals surface area contributed by atoms with Crippen molar-refractivity contribution in [2.45, 2.75) is 51.5 Å². The predicted molar refractivity (Wildman–Crippen MR) is 74.1 cm³/mol. The van der Waals surface area contributed by atoms with Crippen LogP contribution in [0.25, 0.3) is 0 Å². The molecular weight excluding hydrogens is 260 g/mol. The molecule has 0 aliphatic heterocycles. The second-order valence-electron chi connectivity index (χ2n) is 5.98. The highest BCUT2D eigenvalue weighted by molar-refractivity contribution is 5.87. The van der Waals surface area contributed by atoms with Crippen molar-refractivity contribution in [3.8, 4) is 0 Å². The topological polar surface area (TPSA) is 86.7 Å². The summed E-state index contributed by atoms with van der Waals surface area (Å²) in [5, 5.41) is 11.7. The number of hydrogen-bond acceptors (Lipinski definition) is 3. The number of nitrogens with zero attached hydrogens (tertiary/aromatic N) is 1. The summed E-state index contributed by atoms with van der Waals surface area (Å²) in [4.78, 5) is 36.1. The SMILES string of the molecule is CC(NC(=O)CC1(CC(=O)O)CCCC1)C(=O)N(C)C. The van der Waals surface area contributed by atoms with E-state index in [0.717, 1.165) is 25.7 Å². The van der Waals surface area contributed by atoms with Crippen LogP contribution in [0, 0.1) is 5.41 Å². The van der Waals surface area contributed by atoms with E-state index in [9.17, 15) is 14.4 Å². The van der Waals surface area contributed by atoms with E-state index < -0.39 is 17.4 Å². The Labute approximate surface area is 119 Å². The second-order valence-corrected chi connectivity index (χ2v) is 5.98. The van der Waals surface area contributed by atoms with Crippen LogP contribution in [0.3, 0.4) is 0 Å². The molecule has 1 atom stereocenters. The van der Waals surface area contributed by atoms with E-state index in [1.54, 1.807) is 21.0 Å². The fraction of sp³-hybridized carbons (Fsp3) is 0.786. The zero-order valence-corrected chi connectivity index (χ0v) is 12.4. The first-order valence-corrected chi connectivity index (χ1v) is 6.98. The molecule has 2 N–H and O–H groups in total. The van der Waals surface area contributed by atoms with Crippen LogP contribution in [0.2, 0.25) is 0 Å². The van der Waals surface area contributed by atoms with Gasteiger partial charge in [-0.3, -0.25) is 14.4 Å². The molecule has 1 aliphatic rings. The number of nitrogens with one attached hydrogen (secondary N) is 1. The highest BCUT2D eigenvalue weighted by Crippen LogP contribution is 2.44. The molecule has 1 fully saturated rings. The van der Waals surface area contributed by atoms with Gasteiger partial charge in [0.1, 0.15) is 6.04 Å². The molecule has 6 nitrogen and oxygen atoms in total. The molecule has 1 saturated carbocycles. The van der Waals surface area contributed by atoms with E-state index in [1.165, 1.54) is 4.90 Å². The molecule has 0 aromatic carbocycles. The molecular formula is C14H24N2O4. The Balaban J connectivity index is 2.59. The Morgan fingerprint density at radius 1 is 1.20 bits per heavy atom. The lowest BCUT2D eigenvalue weighted by Gasteiger charge is -2.27. The lowest BCUT2D eigenvalue weighted by molar-refractivity contribution is -0.141. The quantitative estimate of drug-likeness (QED) is 0.762. The molecule has 0 bridgehead atoms. The lowest BCUT2D eigenvalue weighted by Crippen LogP contribution is -2.45. The van der Waals surface area contributed by atoms with E-state index in [1.807, 2.05) is 0 Å². The molecule has 6 heteroatoms. The number of hydrogen-bond donors (Lipinski definition) is 2. The van der Waals surface area contributed by atoms with Gasteiger partial charge in [-0.2, -0.15) is 0 Å². The van der Waals surface area contributed by atoms with Gasteiger partial charge in [0.05, 0.1) is 6.42 Å². The summed E-state index contributed by atoms with van der Waals surface area (Å²) in [6.45, 7) is 1.64. The van der Waals surface area contributed by atoms with Gasteiger partial charge in [0.2, 0.25) is 11.8 Å². The molecule has 0 heterocycles. The molecule has 20 heavy (non-hydrogen) atoms. The van der Waals surface area contributed by atoms with Crippen molar-refractivity contribution < 1.29 is 19.5 Å². The van der Waals surface area contributed by atoms with E-state index in [0.29, 0.717) is 0 Å². The van der Waals surface area contributed by atoms with Gasteiger partial charge in [0.25, 0.3) is 0 Å². The molecule has 114 valence electrons. The summed E-state index contributed by atoms with van der Waals surface area (Å²) in [5.74, 6) is -1.27. The number of carbonyl (C=O) groups is 3. The number of carbonyl (C=O) groups excluding carboxylic acids is 2. The van der Waals surface area contributed by atoms with Crippen molar-refractivity contribution in [2.24, 2.45) is 5.41 Å². The van der Waals surface area contributed by atoms with Crippen molar-refractivity contribution >= 4 is 17.8 Å². The van der Waals surface area contributed by atoms with Gasteiger partial charge in [-0.1, -0.05) is 12.8 Å². The minimum absolute atomic E-state index is 0.0242. The van der Waals surface area contributed by atoms with E-state index in [2.05, 4.69) is 5.32 Å². The Morgan fingerprint density at radius 3 is 2.20 bits per heavy atom. The van der Waals surface area contributed by atoms with Gasteiger partial charge in [-0.05, 0) is 25.2 Å².